The van der Waals surface area contributed by atoms with Crippen molar-refractivity contribution in [2.45, 2.75) is 12.5 Å². The molecule has 1 aliphatic heterocycles. The number of rotatable bonds is 4. The van der Waals surface area contributed by atoms with Gasteiger partial charge in [0.2, 0.25) is 5.91 Å². The standard InChI is InChI=1S/C8H14N2O4/c9-8(13)6-5-14-4-3-10(6)2-1-7(11)12/h6H,1-5H2,(H2,9,13)(H,11,12). The Labute approximate surface area is 81.6 Å². The number of ether oxygens (including phenoxy) is 1. The molecule has 0 aliphatic carbocycles. The van der Waals surface area contributed by atoms with Crippen LogP contribution in [0.25, 0.3) is 0 Å². The minimum Gasteiger partial charge on any atom is -0.481 e. The first-order chi connectivity index (χ1) is 6.61. The Balaban J connectivity index is 2.45. The van der Waals surface area contributed by atoms with Gasteiger partial charge in [0.05, 0.1) is 19.6 Å². The van der Waals surface area contributed by atoms with Crippen LogP contribution in [0.4, 0.5) is 0 Å². The first-order valence-corrected chi connectivity index (χ1v) is 4.44. The van der Waals surface area contributed by atoms with Crippen LogP contribution in [-0.4, -0.2) is 54.2 Å². The second-order valence-electron chi connectivity index (χ2n) is 3.17. The average molecular weight is 202 g/mol. The Morgan fingerprint density at radius 1 is 1.57 bits per heavy atom. The second-order valence-corrected chi connectivity index (χ2v) is 3.17. The van der Waals surface area contributed by atoms with Crippen LogP contribution in [0.3, 0.4) is 0 Å². The molecule has 6 heteroatoms. The lowest BCUT2D eigenvalue weighted by Crippen LogP contribution is -2.52. The van der Waals surface area contributed by atoms with E-state index in [0.717, 1.165) is 0 Å². The zero-order chi connectivity index (χ0) is 10.6. The molecule has 0 aromatic rings. The van der Waals surface area contributed by atoms with Crippen LogP contribution in [0, 0.1) is 0 Å². The molecule has 0 aromatic heterocycles. The lowest BCUT2D eigenvalue weighted by atomic mass is 10.2. The average Bonchev–Trinajstić information content (AvgIpc) is 2.15. The van der Waals surface area contributed by atoms with Gasteiger partial charge in [0.1, 0.15) is 6.04 Å². The zero-order valence-electron chi connectivity index (χ0n) is 7.81. The van der Waals surface area contributed by atoms with Gasteiger partial charge in [-0.2, -0.15) is 0 Å². The van der Waals surface area contributed by atoms with E-state index in [9.17, 15) is 9.59 Å². The molecule has 1 aliphatic rings. The zero-order valence-corrected chi connectivity index (χ0v) is 7.81. The fraction of sp³-hybridized carbons (Fsp3) is 0.750. The van der Waals surface area contributed by atoms with E-state index in [1.54, 1.807) is 4.90 Å². The topological polar surface area (TPSA) is 92.9 Å². The van der Waals surface area contributed by atoms with Gasteiger partial charge in [-0.25, -0.2) is 0 Å². The highest BCUT2D eigenvalue weighted by molar-refractivity contribution is 5.80. The molecule has 1 heterocycles. The molecule has 0 saturated carbocycles. The third-order valence-corrected chi connectivity index (χ3v) is 2.18. The Morgan fingerprint density at radius 3 is 2.86 bits per heavy atom. The summed E-state index contributed by atoms with van der Waals surface area (Å²) in [6.07, 6.45) is 0.0176. The molecule has 0 aromatic carbocycles. The number of amides is 1. The van der Waals surface area contributed by atoms with Crippen LogP contribution in [-0.2, 0) is 14.3 Å². The van der Waals surface area contributed by atoms with E-state index in [0.29, 0.717) is 19.7 Å². The second kappa shape index (κ2) is 4.92. The molecule has 80 valence electrons. The van der Waals surface area contributed by atoms with Gasteiger partial charge in [0, 0.05) is 13.1 Å². The maximum atomic E-state index is 11.0. The number of nitrogens with zero attached hydrogens (tertiary/aromatic N) is 1. The van der Waals surface area contributed by atoms with Crippen LogP contribution in [0.1, 0.15) is 6.42 Å². The summed E-state index contributed by atoms with van der Waals surface area (Å²) in [5.74, 6) is -1.34. The molecule has 1 unspecified atom stereocenters. The van der Waals surface area contributed by atoms with E-state index in [2.05, 4.69) is 0 Å². The number of aliphatic carboxylic acids is 1. The molecule has 14 heavy (non-hydrogen) atoms. The maximum Gasteiger partial charge on any atom is 0.304 e. The molecule has 1 saturated heterocycles. The molecule has 1 rings (SSSR count). The molecule has 3 N–H and O–H groups in total. The SMILES string of the molecule is NC(=O)C1COCCN1CCC(=O)O. The van der Waals surface area contributed by atoms with Crippen LogP contribution in [0.15, 0.2) is 0 Å². The largest absolute Gasteiger partial charge is 0.481 e. The first kappa shape index (κ1) is 10.9. The van der Waals surface area contributed by atoms with E-state index in [-0.39, 0.29) is 13.0 Å². The third kappa shape index (κ3) is 2.97. The van der Waals surface area contributed by atoms with Crippen molar-refractivity contribution in [3.8, 4) is 0 Å². The highest BCUT2D eigenvalue weighted by Gasteiger charge is 2.27. The van der Waals surface area contributed by atoms with Gasteiger partial charge in [-0.3, -0.25) is 14.5 Å². The fourth-order valence-corrected chi connectivity index (χ4v) is 1.41. The minimum absolute atomic E-state index is 0.0176. The number of carboxylic acid groups (broad SMARTS) is 1. The van der Waals surface area contributed by atoms with E-state index in [1.165, 1.54) is 0 Å². The van der Waals surface area contributed by atoms with Crippen molar-refractivity contribution in [1.29, 1.82) is 0 Å². The van der Waals surface area contributed by atoms with E-state index >= 15 is 0 Å². The number of carbonyl (C=O) groups excluding carboxylic acids is 1. The Kier molecular flexibility index (Phi) is 3.84. The van der Waals surface area contributed by atoms with Crippen molar-refractivity contribution in [2.75, 3.05) is 26.3 Å². The van der Waals surface area contributed by atoms with Gasteiger partial charge in [-0.05, 0) is 0 Å². The molecule has 1 fully saturated rings. The van der Waals surface area contributed by atoms with Crippen molar-refractivity contribution in [3.63, 3.8) is 0 Å². The molecular weight excluding hydrogens is 188 g/mol. The van der Waals surface area contributed by atoms with Crippen LogP contribution in [0.5, 0.6) is 0 Å². The van der Waals surface area contributed by atoms with Gasteiger partial charge in [-0.1, -0.05) is 0 Å². The van der Waals surface area contributed by atoms with Gasteiger partial charge in [-0.15, -0.1) is 0 Å². The van der Waals surface area contributed by atoms with Crippen molar-refractivity contribution < 1.29 is 19.4 Å². The minimum atomic E-state index is -0.875. The van der Waals surface area contributed by atoms with Gasteiger partial charge >= 0.3 is 5.97 Å². The Morgan fingerprint density at radius 2 is 2.29 bits per heavy atom. The molecule has 6 nitrogen and oxygen atoms in total. The highest BCUT2D eigenvalue weighted by atomic mass is 16.5. The predicted molar refractivity (Wildman–Crippen MR) is 47.6 cm³/mol. The molecule has 0 bridgehead atoms. The summed E-state index contributed by atoms with van der Waals surface area (Å²) in [5.41, 5.74) is 5.16. The number of hydrogen-bond acceptors (Lipinski definition) is 4. The third-order valence-electron chi connectivity index (χ3n) is 2.18. The van der Waals surface area contributed by atoms with Crippen molar-refractivity contribution in [1.82, 2.24) is 4.90 Å². The summed E-state index contributed by atoms with van der Waals surface area (Å²) in [6, 6.07) is -0.483. The molecule has 0 radical (unpaired) electrons. The van der Waals surface area contributed by atoms with Gasteiger partial charge in [0.15, 0.2) is 0 Å². The molecular formula is C8H14N2O4. The van der Waals surface area contributed by atoms with Crippen molar-refractivity contribution in [3.05, 3.63) is 0 Å². The summed E-state index contributed by atoms with van der Waals surface area (Å²) in [7, 11) is 0. The first-order valence-electron chi connectivity index (χ1n) is 4.44. The van der Waals surface area contributed by atoms with Crippen LogP contribution in [0.2, 0.25) is 0 Å². The van der Waals surface area contributed by atoms with Crippen LogP contribution >= 0.6 is 0 Å². The quantitative estimate of drug-likeness (QED) is 0.587. The van der Waals surface area contributed by atoms with Gasteiger partial charge < -0.3 is 15.6 Å². The number of carbonyl (C=O) groups is 2. The summed E-state index contributed by atoms with van der Waals surface area (Å²) < 4.78 is 5.09. The number of carboxylic acids is 1. The summed E-state index contributed by atoms with van der Waals surface area (Å²) in [6.45, 7) is 1.67. The summed E-state index contributed by atoms with van der Waals surface area (Å²) >= 11 is 0. The van der Waals surface area contributed by atoms with Crippen molar-refractivity contribution >= 4 is 11.9 Å². The monoisotopic (exact) mass is 202 g/mol. The smallest absolute Gasteiger partial charge is 0.304 e. The predicted octanol–water partition coefficient (Wildman–Crippen LogP) is -1.35. The molecule has 1 amide bonds. The molecule has 1 atom stereocenters. The number of nitrogens with two attached hydrogens (primary N) is 1. The van der Waals surface area contributed by atoms with Gasteiger partial charge in [0.25, 0.3) is 0 Å². The number of primary amides is 1. The molecule has 0 spiro atoms. The number of hydrogen-bond donors (Lipinski definition) is 2. The van der Waals surface area contributed by atoms with Crippen LogP contribution < -0.4 is 5.73 Å². The fourth-order valence-electron chi connectivity index (χ4n) is 1.41. The highest BCUT2D eigenvalue weighted by Crippen LogP contribution is 2.06. The maximum absolute atomic E-state index is 11.0. The normalized spacial score (nSPS) is 23.3. The number of morpholine rings is 1. The Hall–Kier alpha value is -1.14. The Bertz CT molecular complexity index is 231. The van der Waals surface area contributed by atoms with E-state index in [1.807, 2.05) is 0 Å². The van der Waals surface area contributed by atoms with Crippen molar-refractivity contribution in [2.24, 2.45) is 5.73 Å². The summed E-state index contributed by atoms with van der Waals surface area (Å²) in [5, 5.41) is 8.49. The lowest BCUT2D eigenvalue weighted by Gasteiger charge is -2.32. The van der Waals surface area contributed by atoms with E-state index in [4.69, 9.17) is 15.6 Å². The lowest BCUT2D eigenvalue weighted by molar-refractivity contribution is -0.139. The van der Waals surface area contributed by atoms with E-state index < -0.39 is 17.9 Å². The summed E-state index contributed by atoms with van der Waals surface area (Å²) in [4.78, 5) is 23.1.